The highest BCUT2D eigenvalue weighted by molar-refractivity contribution is 7.99. The van der Waals surface area contributed by atoms with Gasteiger partial charge in [-0.05, 0) is 25.3 Å². The Morgan fingerprint density at radius 3 is 2.20 bits per heavy atom. The summed E-state index contributed by atoms with van der Waals surface area (Å²) in [7, 11) is -3.71. The average molecular weight is 475 g/mol. The molecule has 3 amide bonds. The summed E-state index contributed by atoms with van der Waals surface area (Å²) in [5, 5.41) is 4.19. The molecule has 0 spiro atoms. The zero-order valence-corrected chi connectivity index (χ0v) is 19.4. The molecule has 3 heterocycles. The molecule has 0 aromatic carbocycles. The summed E-state index contributed by atoms with van der Waals surface area (Å²) >= 11 is 2.83. The van der Waals surface area contributed by atoms with E-state index in [1.165, 1.54) is 15.3 Å². The fourth-order valence-corrected chi connectivity index (χ4v) is 7.24. The third-order valence-corrected chi connectivity index (χ3v) is 8.79. The third-order valence-electron chi connectivity index (χ3n) is 4.88. The Kier molecular flexibility index (Phi) is 7.43. The van der Waals surface area contributed by atoms with Crippen molar-refractivity contribution in [3.63, 3.8) is 0 Å². The number of amides is 3. The van der Waals surface area contributed by atoms with Gasteiger partial charge in [0.1, 0.15) is 9.77 Å². The highest BCUT2D eigenvalue weighted by Gasteiger charge is 2.34. The molecule has 3 rings (SSSR count). The van der Waals surface area contributed by atoms with Gasteiger partial charge in [0.2, 0.25) is 10.0 Å². The van der Waals surface area contributed by atoms with Gasteiger partial charge < -0.3 is 15.1 Å². The van der Waals surface area contributed by atoms with Gasteiger partial charge in [-0.25, -0.2) is 8.42 Å². The van der Waals surface area contributed by atoms with E-state index in [0.717, 1.165) is 22.8 Å². The third kappa shape index (κ3) is 4.98. The van der Waals surface area contributed by atoms with Gasteiger partial charge in [-0.2, -0.15) is 16.1 Å². The van der Waals surface area contributed by atoms with Gasteiger partial charge in [0.15, 0.2) is 0 Å². The summed E-state index contributed by atoms with van der Waals surface area (Å²) in [6.07, 6.45) is 0. The van der Waals surface area contributed by atoms with E-state index in [-0.39, 0.29) is 47.9 Å². The Morgan fingerprint density at radius 1 is 1.00 bits per heavy atom. The van der Waals surface area contributed by atoms with Crippen LogP contribution in [0.2, 0.25) is 0 Å². The lowest BCUT2D eigenvalue weighted by molar-refractivity contribution is -0.147. The Labute approximate surface area is 184 Å². The van der Waals surface area contributed by atoms with Crippen molar-refractivity contribution in [2.24, 2.45) is 0 Å². The fraction of sp³-hybridized carbons (Fsp3) is 0.611. The number of hydrogen-bond donors (Lipinski definition) is 1. The SMILES string of the molecule is CC(C)NC(=O)C(=O)N1CCN(C(=O)c2sccc2S(=O)(=O)N2CCSCC2)CC1. The lowest BCUT2D eigenvalue weighted by atomic mass is 10.2. The highest BCUT2D eigenvalue weighted by Crippen LogP contribution is 2.28. The van der Waals surface area contributed by atoms with E-state index in [1.54, 1.807) is 35.9 Å². The minimum Gasteiger partial charge on any atom is -0.346 e. The number of thioether (sulfide) groups is 1. The van der Waals surface area contributed by atoms with Crippen molar-refractivity contribution in [2.75, 3.05) is 50.8 Å². The molecule has 2 aliphatic rings. The van der Waals surface area contributed by atoms with Gasteiger partial charge >= 0.3 is 11.8 Å². The van der Waals surface area contributed by atoms with Crippen LogP contribution in [0, 0.1) is 0 Å². The van der Waals surface area contributed by atoms with Crippen LogP contribution < -0.4 is 5.32 Å². The zero-order valence-electron chi connectivity index (χ0n) is 17.0. The molecule has 2 saturated heterocycles. The summed E-state index contributed by atoms with van der Waals surface area (Å²) in [5.74, 6) is -0.136. The van der Waals surface area contributed by atoms with E-state index in [4.69, 9.17) is 0 Å². The molecule has 0 radical (unpaired) electrons. The van der Waals surface area contributed by atoms with Crippen LogP contribution in [0.5, 0.6) is 0 Å². The molecule has 1 aromatic rings. The molecule has 12 heteroatoms. The number of thiophene rings is 1. The Bertz CT molecular complexity index is 901. The minimum atomic E-state index is -3.71. The van der Waals surface area contributed by atoms with Crippen LogP contribution in [0.4, 0.5) is 0 Å². The zero-order chi connectivity index (χ0) is 21.9. The van der Waals surface area contributed by atoms with Crippen LogP contribution in [0.3, 0.4) is 0 Å². The maximum Gasteiger partial charge on any atom is 0.312 e. The van der Waals surface area contributed by atoms with Crippen molar-refractivity contribution in [2.45, 2.75) is 24.8 Å². The molecule has 1 N–H and O–H groups in total. The van der Waals surface area contributed by atoms with Crippen LogP contribution in [-0.2, 0) is 19.6 Å². The first-order chi connectivity index (χ1) is 14.2. The maximum absolute atomic E-state index is 13.0. The van der Waals surface area contributed by atoms with Crippen molar-refractivity contribution in [3.8, 4) is 0 Å². The Morgan fingerprint density at radius 2 is 1.60 bits per heavy atom. The van der Waals surface area contributed by atoms with Gasteiger partial charge in [-0.15, -0.1) is 11.3 Å². The molecule has 0 bridgehead atoms. The lowest BCUT2D eigenvalue weighted by Gasteiger charge is -2.34. The van der Waals surface area contributed by atoms with Crippen LogP contribution >= 0.6 is 23.1 Å². The Balaban J connectivity index is 1.66. The number of nitrogens with zero attached hydrogens (tertiary/aromatic N) is 3. The number of rotatable bonds is 4. The van der Waals surface area contributed by atoms with Gasteiger partial charge in [0, 0.05) is 56.8 Å². The predicted molar refractivity (Wildman–Crippen MR) is 116 cm³/mol. The second-order valence-electron chi connectivity index (χ2n) is 7.34. The lowest BCUT2D eigenvalue weighted by Crippen LogP contribution is -2.54. The van der Waals surface area contributed by atoms with E-state index >= 15 is 0 Å². The first-order valence-corrected chi connectivity index (χ1v) is 13.2. The molecule has 30 heavy (non-hydrogen) atoms. The monoisotopic (exact) mass is 474 g/mol. The topological polar surface area (TPSA) is 107 Å². The molecular formula is C18H26N4O5S3. The van der Waals surface area contributed by atoms with Crippen LogP contribution in [0.25, 0.3) is 0 Å². The fourth-order valence-electron chi connectivity index (χ4n) is 3.31. The van der Waals surface area contributed by atoms with Gasteiger partial charge in [0.25, 0.3) is 5.91 Å². The van der Waals surface area contributed by atoms with Gasteiger partial charge in [-0.1, -0.05) is 0 Å². The van der Waals surface area contributed by atoms with E-state index in [1.807, 2.05) is 0 Å². The average Bonchev–Trinajstić information content (AvgIpc) is 3.24. The molecule has 0 aliphatic carbocycles. The number of carbonyl (C=O) groups is 3. The quantitative estimate of drug-likeness (QED) is 0.629. The molecular weight excluding hydrogens is 448 g/mol. The summed E-state index contributed by atoms with van der Waals surface area (Å²) in [4.78, 5) is 40.4. The molecule has 2 fully saturated rings. The summed E-state index contributed by atoms with van der Waals surface area (Å²) < 4.78 is 27.5. The molecule has 0 unspecified atom stereocenters. The smallest absolute Gasteiger partial charge is 0.312 e. The van der Waals surface area contributed by atoms with E-state index in [2.05, 4.69) is 5.32 Å². The summed E-state index contributed by atoms with van der Waals surface area (Å²) in [5.41, 5.74) is 0. The maximum atomic E-state index is 13.0. The molecule has 0 atom stereocenters. The molecule has 0 saturated carbocycles. The number of sulfonamides is 1. The van der Waals surface area contributed by atoms with Crippen molar-refractivity contribution >= 4 is 50.8 Å². The standard InChI is InChI=1S/C18H26N4O5S3/c1-13(2)19-16(23)18(25)21-6-4-20(5-7-21)17(24)15-14(3-10-29-15)30(26,27)22-8-11-28-12-9-22/h3,10,13H,4-9,11-12H2,1-2H3,(H,19,23). The van der Waals surface area contributed by atoms with E-state index < -0.39 is 21.8 Å². The molecule has 1 aromatic heterocycles. The molecule has 166 valence electrons. The van der Waals surface area contributed by atoms with Crippen molar-refractivity contribution in [3.05, 3.63) is 16.3 Å². The van der Waals surface area contributed by atoms with E-state index in [0.29, 0.717) is 13.1 Å². The number of hydrogen-bond acceptors (Lipinski definition) is 7. The summed E-state index contributed by atoms with van der Waals surface area (Å²) in [6, 6.07) is 1.35. The second kappa shape index (κ2) is 9.67. The van der Waals surface area contributed by atoms with E-state index in [9.17, 15) is 22.8 Å². The first kappa shape index (κ1) is 23.0. The van der Waals surface area contributed by atoms with Crippen molar-refractivity contribution < 1.29 is 22.8 Å². The van der Waals surface area contributed by atoms with Crippen LogP contribution in [0.15, 0.2) is 16.3 Å². The minimum absolute atomic E-state index is 0.0548. The van der Waals surface area contributed by atoms with Crippen LogP contribution in [-0.4, -0.2) is 97.1 Å². The first-order valence-electron chi connectivity index (χ1n) is 9.76. The second-order valence-corrected chi connectivity index (χ2v) is 11.4. The van der Waals surface area contributed by atoms with Crippen molar-refractivity contribution in [1.82, 2.24) is 19.4 Å². The number of carbonyl (C=O) groups excluding carboxylic acids is 3. The highest BCUT2D eigenvalue weighted by atomic mass is 32.2. The van der Waals surface area contributed by atoms with Gasteiger partial charge in [-0.3, -0.25) is 14.4 Å². The largest absolute Gasteiger partial charge is 0.346 e. The predicted octanol–water partition coefficient (Wildman–Crippen LogP) is 0.295. The number of nitrogens with one attached hydrogen (secondary N) is 1. The Hall–Kier alpha value is -1.63. The normalized spacial score (nSPS) is 18.5. The molecule has 9 nitrogen and oxygen atoms in total. The number of piperazine rings is 1. The molecule has 2 aliphatic heterocycles. The van der Waals surface area contributed by atoms with Crippen molar-refractivity contribution in [1.29, 1.82) is 0 Å². The summed E-state index contributed by atoms with van der Waals surface area (Å²) in [6.45, 7) is 5.38. The van der Waals surface area contributed by atoms with Gasteiger partial charge in [0.05, 0.1) is 0 Å². The van der Waals surface area contributed by atoms with Crippen LogP contribution in [0.1, 0.15) is 23.5 Å².